The maximum Gasteiger partial charge on any atom is 0.228 e. The van der Waals surface area contributed by atoms with Crippen LogP contribution in [0.15, 0.2) is 12.2 Å². The third-order valence-corrected chi connectivity index (χ3v) is 5.41. The number of fused-ring (bicyclic) bond motifs is 1. The summed E-state index contributed by atoms with van der Waals surface area (Å²) in [6, 6.07) is 0.898. The monoisotopic (exact) mass is 292 g/mol. The number of morpholine rings is 1. The van der Waals surface area contributed by atoms with E-state index in [4.69, 9.17) is 4.74 Å². The number of ether oxygens (including phenoxy) is 1. The summed E-state index contributed by atoms with van der Waals surface area (Å²) in [5.41, 5.74) is -0.203. The van der Waals surface area contributed by atoms with Gasteiger partial charge < -0.3 is 9.64 Å². The van der Waals surface area contributed by atoms with E-state index in [0.717, 1.165) is 45.5 Å². The molecular weight excluding hydrogens is 264 g/mol. The Morgan fingerprint density at radius 2 is 2.14 bits per heavy atom. The lowest BCUT2D eigenvalue weighted by Crippen LogP contribution is -2.53. The normalized spacial score (nSPS) is 37.0. The summed E-state index contributed by atoms with van der Waals surface area (Å²) < 4.78 is 5.93. The molecule has 2 saturated heterocycles. The number of hydrogen-bond donors (Lipinski definition) is 0. The second-order valence-electron chi connectivity index (χ2n) is 7.29. The number of carbonyl (C=O) groups is 1. The molecule has 2 heterocycles. The van der Waals surface area contributed by atoms with E-state index in [9.17, 15) is 4.79 Å². The molecule has 3 aliphatic rings. The molecule has 0 aromatic carbocycles. The van der Waals surface area contributed by atoms with E-state index in [-0.39, 0.29) is 11.5 Å². The van der Waals surface area contributed by atoms with Gasteiger partial charge in [0.1, 0.15) is 0 Å². The van der Waals surface area contributed by atoms with Crippen LogP contribution >= 0.6 is 0 Å². The van der Waals surface area contributed by atoms with Crippen molar-refractivity contribution in [1.82, 2.24) is 9.80 Å². The van der Waals surface area contributed by atoms with Gasteiger partial charge in [-0.25, -0.2) is 0 Å². The van der Waals surface area contributed by atoms with Crippen LogP contribution in [0.1, 0.15) is 40.0 Å². The van der Waals surface area contributed by atoms with Gasteiger partial charge in [0, 0.05) is 25.7 Å². The van der Waals surface area contributed by atoms with Crippen LogP contribution in [0, 0.1) is 5.41 Å². The van der Waals surface area contributed by atoms with Crippen molar-refractivity contribution in [2.24, 2.45) is 5.41 Å². The molecule has 3 atom stereocenters. The predicted octanol–water partition coefficient (Wildman–Crippen LogP) is 2.05. The Hall–Kier alpha value is -0.870. The molecule has 1 aliphatic carbocycles. The molecule has 0 aromatic rings. The molecule has 21 heavy (non-hydrogen) atoms. The first kappa shape index (κ1) is 15.0. The van der Waals surface area contributed by atoms with Crippen molar-refractivity contribution in [3.8, 4) is 0 Å². The zero-order valence-corrected chi connectivity index (χ0v) is 13.5. The first-order valence-electron chi connectivity index (χ1n) is 8.33. The first-order chi connectivity index (χ1) is 10.0. The van der Waals surface area contributed by atoms with Crippen LogP contribution in [-0.2, 0) is 9.53 Å². The zero-order chi connectivity index (χ0) is 15.0. The van der Waals surface area contributed by atoms with Crippen LogP contribution < -0.4 is 0 Å². The van der Waals surface area contributed by atoms with Crippen molar-refractivity contribution in [3.05, 3.63) is 12.2 Å². The number of carbonyl (C=O) groups excluding carboxylic acids is 1. The van der Waals surface area contributed by atoms with Gasteiger partial charge in [0.15, 0.2) is 0 Å². The molecule has 0 saturated carbocycles. The molecule has 3 unspecified atom stereocenters. The molecule has 4 heteroatoms. The van der Waals surface area contributed by atoms with Gasteiger partial charge in [-0.15, -0.1) is 0 Å². The average molecular weight is 292 g/mol. The summed E-state index contributed by atoms with van der Waals surface area (Å²) in [6.07, 6.45) is 7.45. The highest BCUT2D eigenvalue weighted by Crippen LogP contribution is 2.36. The molecule has 2 aliphatic heterocycles. The Morgan fingerprint density at radius 3 is 2.81 bits per heavy atom. The van der Waals surface area contributed by atoms with E-state index in [0.29, 0.717) is 18.0 Å². The fourth-order valence-electron chi connectivity index (χ4n) is 4.06. The standard InChI is InChI=1S/C17H28N2O2/c1-13(2)19-9-10-21-15-12-18(11-14(15)19)16(20)17(3)7-5-4-6-8-17/h4-5,13-15H,6-12H2,1-3H3. The molecule has 0 spiro atoms. The highest BCUT2D eigenvalue weighted by molar-refractivity contribution is 5.83. The van der Waals surface area contributed by atoms with Gasteiger partial charge in [0.25, 0.3) is 0 Å². The van der Waals surface area contributed by atoms with Crippen molar-refractivity contribution in [2.75, 3.05) is 26.2 Å². The third kappa shape index (κ3) is 2.76. The molecule has 118 valence electrons. The second kappa shape index (κ2) is 5.73. The minimum absolute atomic E-state index is 0.202. The minimum Gasteiger partial charge on any atom is -0.373 e. The fraction of sp³-hybridized carbons (Fsp3) is 0.824. The quantitative estimate of drug-likeness (QED) is 0.730. The Bertz CT molecular complexity index is 435. The fourth-order valence-corrected chi connectivity index (χ4v) is 4.06. The second-order valence-corrected chi connectivity index (χ2v) is 7.29. The van der Waals surface area contributed by atoms with Crippen LogP contribution in [0.25, 0.3) is 0 Å². The Balaban J connectivity index is 1.71. The molecule has 0 radical (unpaired) electrons. The minimum atomic E-state index is -0.203. The maximum atomic E-state index is 13.0. The summed E-state index contributed by atoms with van der Waals surface area (Å²) in [7, 11) is 0. The lowest BCUT2D eigenvalue weighted by molar-refractivity contribution is -0.141. The topological polar surface area (TPSA) is 32.8 Å². The highest BCUT2D eigenvalue weighted by atomic mass is 16.5. The molecule has 0 bridgehead atoms. The molecule has 4 nitrogen and oxygen atoms in total. The molecule has 1 amide bonds. The van der Waals surface area contributed by atoms with Gasteiger partial charge in [-0.2, -0.15) is 0 Å². The van der Waals surface area contributed by atoms with Crippen LogP contribution in [0.2, 0.25) is 0 Å². The molecular formula is C17H28N2O2. The Kier molecular flexibility index (Phi) is 4.10. The maximum absolute atomic E-state index is 13.0. The van der Waals surface area contributed by atoms with Crippen LogP contribution in [-0.4, -0.2) is 60.1 Å². The molecule has 0 N–H and O–H groups in total. The summed E-state index contributed by atoms with van der Waals surface area (Å²) in [5.74, 6) is 0.327. The van der Waals surface area contributed by atoms with Crippen molar-refractivity contribution in [1.29, 1.82) is 0 Å². The Labute approximate surface area is 128 Å². The number of likely N-dealkylation sites (tertiary alicyclic amines) is 1. The van der Waals surface area contributed by atoms with E-state index in [1.807, 2.05) is 0 Å². The average Bonchev–Trinajstić information content (AvgIpc) is 2.90. The van der Waals surface area contributed by atoms with E-state index < -0.39 is 0 Å². The number of nitrogens with zero attached hydrogens (tertiary/aromatic N) is 2. The van der Waals surface area contributed by atoms with Gasteiger partial charge in [-0.3, -0.25) is 9.69 Å². The number of rotatable bonds is 2. The van der Waals surface area contributed by atoms with Crippen molar-refractivity contribution < 1.29 is 9.53 Å². The van der Waals surface area contributed by atoms with E-state index in [1.165, 1.54) is 0 Å². The largest absolute Gasteiger partial charge is 0.373 e. The van der Waals surface area contributed by atoms with Crippen molar-refractivity contribution >= 4 is 5.91 Å². The summed E-state index contributed by atoms with van der Waals surface area (Å²) >= 11 is 0. The van der Waals surface area contributed by atoms with Crippen molar-refractivity contribution in [3.63, 3.8) is 0 Å². The van der Waals surface area contributed by atoms with Gasteiger partial charge in [0.05, 0.1) is 24.2 Å². The highest BCUT2D eigenvalue weighted by Gasteiger charge is 2.46. The van der Waals surface area contributed by atoms with E-state index >= 15 is 0 Å². The summed E-state index contributed by atoms with van der Waals surface area (Å²) in [4.78, 5) is 17.5. The third-order valence-electron chi connectivity index (χ3n) is 5.41. The van der Waals surface area contributed by atoms with Crippen molar-refractivity contribution in [2.45, 2.75) is 58.2 Å². The Morgan fingerprint density at radius 1 is 1.33 bits per heavy atom. The number of hydrogen-bond acceptors (Lipinski definition) is 3. The van der Waals surface area contributed by atoms with Gasteiger partial charge in [-0.05, 0) is 33.1 Å². The van der Waals surface area contributed by atoms with E-state index in [1.54, 1.807) is 0 Å². The molecule has 3 rings (SSSR count). The smallest absolute Gasteiger partial charge is 0.228 e. The van der Waals surface area contributed by atoms with Gasteiger partial charge in [-0.1, -0.05) is 19.1 Å². The lowest BCUT2D eigenvalue weighted by atomic mass is 9.78. The zero-order valence-electron chi connectivity index (χ0n) is 13.5. The molecule has 0 aromatic heterocycles. The van der Waals surface area contributed by atoms with E-state index in [2.05, 4.69) is 42.7 Å². The number of amides is 1. The SMILES string of the molecule is CC(C)N1CCOC2CN(C(=O)C3(C)CC=CCC3)CC21. The van der Waals surface area contributed by atoms with Crippen LogP contribution in [0.4, 0.5) is 0 Å². The van der Waals surface area contributed by atoms with Gasteiger partial charge in [0.2, 0.25) is 5.91 Å². The van der Waals surface area contributed by atoms with Crippen LogP contribution in [0.5, 0.6) is 0 Å². The summed E-state index contributed by atoms with van der Waals surface area (Å²) in [5, 5.41) is 0. The van der Waals surface area contributed by atoms with Crippen LogP contribution in [0.3, 0.4) is 0 Å². The number of allylic oxidation sites excluding steroid dienone is 2. The first-order valence-corrected chi connectivity index (χ1v) is 8.33. The lowest BCUT2D eigenvalue weighted by Gasteiger charge is -2.39. The summed E-state index contributed by atoms with van der Waals surface area (Å²) in [6.45, 7) is 9.98. The van der Waals surface area contributed by atoms with Gasteiger partial charge >= 0.3 is 0 Å². The molecule has 2 fully saturated rings. The predicted molar refractivity (Wildman–Crippen MR) is 83.0 cm³/mol.